The predicted molar refractivity (Wildman–Crippen MR) is 114 cm³/mol. The summed E-state index contributed by atoms with van der Waals surface area (Å²) in [5.41, 5.74) is 0.965. The molecule has 156 valence electrons. The highest BCUT2D eigenvalue weighted by atomic mass is 32.1. The SMILES string of the molecule is COc1ccc(C2CCCN2C(=O)c2ccc(NC(=O)c3ccco3)s2)c(OC)c1. The average Bonchev–Trinajstić information content (AvgIpc) is 3.54. The zero-order chi connectivity index (χ0) is 21.1. The van der Waals surface area contributed by atoms with Crippen LogP contribution in [0.15, 0.2) is 53.1 Å². The Labute approximate surface area is 178 Å². The molecule has 30 heavy (non-hydrogen) atoms. The molecular formula is C22H22N2O5S. The van der Waals surface area contributed by atoms with Gasteiger partial charge in [-0.05, 0) is 49.2 Å². The van der Waals surface area contributed by atoms with E-state index in [0.29, 0.717) is 27.9 Å². The van der Waals surface area contributed by atoms with Crippen molar-refractivity contribution in [1.82, 2.24) is 4.90 Å². The van der Waals surface area contributed by atoms with Crippen LogP contribution >= 0.6 is 11.3 Å². The average molecular weight is 426 g/mol. The van der Waals surface area contributed by atoms with Gasteiger partial charge in [-0.3, -0.25) is 9.59 Å². The Balaban J connectivity index is 1.52. The first kappa shape index (κ1) is 20.0. The smallest absolute Gasteiger partial charge is 0.291 e. The third-order valence-electron chi connectivity index (χ3n) is 5.11. The highest BCUT2D eigenvalue weighted by Gasteiger charge is 2.33. The minimum Gasteiger partial charge on any atom is -0.497 e. The molecule has 1 aliphatic rings. The van der Waals surface area contributed by atoms with E-state index in [9.17, 15) is 9.59 Å². The zero-order valence-corrected chi connectivity index (χ0v) is 17.5. The number of hydrogen-bond acceptors (Lipinski definition) is 6. The summed E-state index contributed by atoms with van der Waals surface area (Å²) < 4.78 is 15.9. The van der Waals surface area contributed by atoms with Gasteiger partial charge in [-0.1, -0.05) is 0 Å². The van der Waals surface area contributed by atoms with Gasteiger partial charge in [0.25, 0.3) is 11.8 Å². The van der Waals surface area contributed by atoms with Crippen LogP contribution in [-0.4, -0.2) is 37.5 Å². The second-order valence-electron chi connectivity index (χ2n) is 6.86. The number of likely N-dealkylation sites (tertiary alicyclic amines) is 1. The van der Waals surface area contributed by atoms with E-state index in [4.69, 9.17) is 13.9 Å². The van der Waals surface area contributed by atoms with Crippen molar-refractivity contribution >= 4 is 28.2 Å². The number of anilines is 1. The van der Waals surface area contributed by atoms with Crippen LogP contribution in [0.2, 0.25) is 0 Å². The molecule has 4 rings (SSSR count). The van der Waals surface area contributed by atoms with Gasteiger partial charge in [0.15, 0.2) is 5.76 Å². The normalized spacial score (nSPS) is 15.8. The van der Waals surface area contributed by atoms with Gasteiger partial charge in [0.2, 0.25) is 0 Å². The molecule has 3 heterocycles. The van der Waals surface area contributed by atoms with Crippen molar-refractivity contribution in [2.45, 2.75) is 18.9 Å². The molecule has 1 atom stereocenters. The van der Waals surface area contributed by atoms with Crippen LogP contribution in [0.3, 0.4) is 0 Å². The molecular weight excluding hydrogens is 404 g/mol. The number of benzene rings is 1. The van der Waals surface area contributed by atoms with Gasteiger partial charge in [0.1, 0.15) is 11.5 Å². The van der Waals surface area contributed by atoms with Crippen LogP contribution in [-0.2, 0) is 0 Å². The second kappa shape index (κ2) is 8.62. The fraction of sp³-hybridized carbons (Fsp3) is 0.273. The molecule has 0 radical (unpaired) electrons. The number of methoxy groups -OCH3 is 2. The largest absolute Gasteiger partial charge is 0.497 e. The molecule has 0 aliphatic carbocycles. The lowest BCUT2D eigenvalue weighted by molar-refractivity contribution is 0.0739. The minimum absolute atomic E-state index is 0.0566. The molecule has 1 fully saturated rings. The molecule has 2 aromatic heterocycles. The van der Waals surface area contributed by atoms with E-state index in [0.717, 1.165) is 18.4 Å². The summed E-state index contributed by atoms with van der Waals surface area (Å²) in [5.74, 6) is 1.24. The van der Waals surface area contributed by atoms with Crippen LogP contribution in [0.25, 0.3) is 0 Å². The molecule has 1 saturated heterocycles. The number of hydrogen-bond donors (Lipinski definition) is 1. The maximum atomic E-state index is 13.2. The number of carbonyl (C=O) groups excluding carboxylic acids is 2. The third kappa shape index (κ3) is 3.91. The van der Waals surface area contributed by atoms with Gasteiger partial charge < -0.3 is 24.1 Å². The summed E-state index contributed by atoms with van der Waals surface area (Å²) >= 11 is 1.25. The van der Waals surface area contributed by atoms with Crippen molar-refractivity contribution in [2.24, 2.45) is 0 Å². The van der Waals surface area contributed by atoms with Gasteiger partial charge in [-0.15, -0.1) is 11.3 Å². The number of rotatable bonds is 6. The third-order valence-corrected chi connectivity index (χ3v) is 6.10. The number of nitrogens with zero attached hydrogens (tertiary/aromatic N) is 1. The zero-order valence-electron chi connectivity index (χ0n) is 16.7. The molecule has 3 aromatic rings. The van der Waals surface area contributed by atoms with Crippen molar-refractivity contribution in [3.8, 4) is 11.5 Å². The molecule has 0 bridgehead atoms. The molecule has 1 N–H and O–H groups in total. The van der Waals surface area contributed by atoms with E-state index in [2.05, 4.69) is 5.32 Å². The lowest BCUT2D eigenvalue weighted by atomic mass is 10.0. The summed E-state index contributed by atoms with van der Waals surface area (Å²) in [4.78, 5) is 27.8. The molecule has 1 aliphatic heterocycles. The van der Waals surface area contributed by atoms with Gasteiger partial charge in [-0.2, -0.15) is 0 Å². The van der Waals surface area contributed by atoms with Crippen LogP contribution < -0.4 is 14.8 Å². The quantitative estimate of drug-likeness (QED) is 0.624. The Morgan fingerprint density at radius 2 is 2.03 bits per heavy atom. The first-order valence-corrected chi connectivity index (χ1v) is 10.4. The summed E-state index contributed by atoms with van der Waals surface area (Å²) in [5, 5.41) is 3.36. The topological polar surface area (TPSA) is 81.0 Å². The van der Waals surface area contributed by atoms with Crippen molar-refractivity contribution in [1.29, 1.82) is 0 Å². The number of furan rings is 1. The lowest BCUT2D eigenvalue weighted by Gasteiger charge is -2.26. The van der Waals surface area contributed by atoms with E-state index in [-0.39, 0.29) is 23.6 Å². The van der Waals surface area contributed by atoms with Crippen molar-refractivity contribution in [3.63, 3.8) is 0 Å². The number of amides is 2. The Kier molecular flexibility index (Phi) is 5.76. The van der Waals surface area contributed by atoms with Gasteiger partial charge >= 0.3 is 0 Å². The Hall–Kier alpha value is -3.26. The number of ether oxygens (including phenoxy) is 2. The van der Waals surface area contributed by atoms with E-state index in [1.165, 1.54) is 17.6 Å². The van der Waals surface area contributed by atoms with Gasteiger partial charge in [-0.25, -0.2) is 0 Å². The highest BCUT2D eigenvalue weighted by molar-refractivity contribution is 7.18. The van der Waals surface area contributed by atoms with Crippen LogP contribution in [0.1, 0.15) is 44.7 Å². The highest BCUT2D eigenvalue weighted by Crippen LogP contribution is 2.40. The molecule has 2 amide bonds. The van der Waals surface area contributed by atoms with E-state index in [1.54, 1.807) is 38.5 Å². The molecule has 0 saturated carbocycles. The van der Waals surface area contributed by atoms with E-state index in [1.807, 2.05) is 23.1 Å². The Morgan fingerprint density at radius 3 is 2.77 bits per heavy atom. The maximum absolute atomic E-state index is 13.2. The monoisotopic (exact) mass is 426 g/mol. The van der Waals surface area contributed by atoms with Crippen molar-refractivity contribution < 1.29 is 23.5 Å². The fourth-order valence-electron chi connectivity index (χ4n) is 3.67. The standard InChI is InChI=1S/C22H22N2O5S/c1-27-14-7-8-15(18(13-14)28-2)16-5-3-11-24(16)22(26)19-9-10-20(30-19)23-21(25)17-6-4-12-29-17/h4,6-10,12-13,16H,3,5,11H2,1-2H3,(H,23,25). The number of nitrogens with one attached hydrogen (secondary N) is 1. The Morgan fingerprint density at radius 1 is 1.17 bits per heavy atom. The molecule has 1 aromatic carbocycles. The minimum atomic E-state index is -0.345. The van der Waals surface area contributed by atoms with Crippen molar-refractivity contribution in [3.05, 3.63) is 64.9 Å². The van der Waals surface area contributed by atoms with E-state index >= 15 is 0 Å². The van der Waals surface area contributed by atoms with Crippen molar-refractivity contribution in [2.75, 3.05) is 26.1 Å². The maximum Gasteiger partial charge on any atom is 0.291 e. The summed E-state index contributed by atoms with van der Waals surface area (Å²) in [6.07, 6.45) is 3.22. The summed E-state index contributed by atoms with van der Waals surface area (Å²) in [6, 6.07) is 12.3. The lowest BCUT2D eigenvalue weighted by Crippen LogP contribution is -2.30. The first-order chi connectivity index (χ1) is 14.6. The number of carbonyl (C=O) groups is 2. The van der Waals surface area contributed by atoms with E-state index < -0.39 is 0 Å². The summed E-state index contributed by atoms with van der Waals surface area (Å²) in [7, 11) is 3.23. The molecule has 1 unspecified atom stereocenters. The molecule has 7 nitrogen and oxygen atoms in total. The van der Waals surface area contributed by atoms with Gasteiger partial charge in [0.05, 0.1) is 36.4 Å². The second-order valence-corrected chi connectivity index (χ2v) is 7.94. The van der Waals surface area contributed by atoms with Crippen LogP contribution in [0.4, 0.5) is 5.00 Å². The number of thiophene rings is 1. The van der Waals surface area contributed by atoms with Gasteiger partial charge in [0, 0.05) is 18.2 Å². The first-order valence-electron chi connectivity index (χ1n) is 9.58. The molecule has 0 spiro atoms. The van der Waals surface area contributed by atoms with Crippen LogP contribution in [0, 0.1) is 0 Å². The van der Waals surface area contributed by atoms with Crippen LogP contribution in [0.5, 0.6) is 11.5 Å². The fourth-order valence-corrected chi connectivity index (χ4v) is 4.53. The Bertz CT molecular complexity index is 1040. The predicted octanol–water partition coefficient (Wildman–Crippen LogP) is 4.59. The molecule has 8 heteroatoms. The summed E-state index contributed by atoms with van der Waals surface area (Å²) in [6.45, 7) is 0.671.